The van der Waals surface area contributed by atoms with Crippen molar-refractivity contribution >= 4 is 29.7 Å². The van der Waals surface area contributed by atoms with Gasteiger partial charge in [-0.05, 0) is 30.3 Å². The van der Waals surface area contributed by atoms with Crippen LogP contribution < -0.4 is 11.1 Å². The zero-order chi connectivity index (χ0) is 22.7. The van der Waals surface area contributed by atoms with Crippen LogP contribution in [0.25, 0.3) is 0 Å². The number of hydrogen-bond donors (Lipinski definition) is 3. The van der Waals surface area contributed by atoms with E-state index in [1.54, 1.807) is 7.05 Å². The van der Waals surface area contributed by atoms with Gasteiger partial charge in [-0.3, -0.25) is 4.79 Å². The molecule has 0 fully saturated rings. The van der Waals surface area contributed by atoms with Gasteiger partial charge in [0.05, 0.1) is 29.4 Å². The molecule has 2 aromatic rings. The Balaban J connectivity index is 0.000000375. The molecule has 0 atom stereocenters. The number of carbonyl (C=O) groups excluding carboxylic acids is 1. The number of nitrogens with zero attached hydrogens (tertiary/aromatic N) is 3. The number of hydrogen-bond acceptors (Lipinski definition) is 7. The van der Waals surface area contributed by atoms with Crippen molar-refractivity contribution in [3.63, 3.8) is 0 Å². The first-order chi connectivity index (χ1) is 14.1. The number of aromatic nitrogens is 1. The maximum Gasteiger partial charge on any atom is 0.433 e. The lowest BCUT2D eigenvalue weighted by Gasteiger charge is -2.07. The lowest BCUT2D eigenvalue weighted by Crippen LogP contribution is -2.22. The molecule has 0 bridgehead atoms. The number of anilines is 1. The Hall–Kier alpha value is -3.83. The molecule has 30 heavy (non-hydrogen) atoms. The Labute approximate surface area is 167 Å². The summed E-state index contributed by atoms with van der Waals surface area (Å²) in [6, 6.07) is 6.13. The van der Waals surface area contributed by atoms with Gasteiger partial charge in [0, 0.05) is 7.05 Å². The summed E-state index contributed by atoms with van der Waals surface area (Å²) >= 11 is 0. The summed E-state index contributed by atoms with van der Waals surface area (Å²) in [7, 11) is 1.65. The first-order valence-electron chi connectivity index (χ1n) is 7.95. The molecule has 2 rings (SSSR count). The van der Waals surface area contributed by atoms with Gasteiger partial charge in [-0.25, -0.2) is 18.8 Å². The lowest BCUT2D eigenvalue weighted by atomic mass is 10.2. The maximum absolute atomic E-state index is 12.8. The fourth-order valence-corrected chi connectivity index (χ4v) is 1.79. The minimum atomic E-state index is -4.71. The standard InChI is InChI=1S/C11H12F3N5O.C7H4F2O/c1-16-8-2-3-10(17-6-8)19-9(11(12,13)14)4-7(15)5-18-20;8-6-2-1-3-7(9)5(6)4-10/h2-6,16,20H,15H2,1H3;1-4H/b7-4-,18-5+,19-9?;. The molecule has 1 aromatic carbocycles. The van der Waals surface area contributed by atoms with Crippen LogP contribution in [0.4, 0.5) is 33.5 Å². The van der Waals surface area contributed by atoms with Gasteiger partial charge in [-0.15, -0.1) is 0 Å². The lowest BCUT2D eigenvalue weighted by molar-refractivity contribution is -0.0576. The van der Waals surface area contributed by atoms with E-state index in [1.807, 2.05) is 0 Å². The van der Waals surface area contributed by atoms with E-state index in [-0.39, 0.29) is 12.1 Å². The van der Waals surface area contributed by atoms with Crippen LogP contribution in [-0.2, 0) is 0 Å². The number of rotatable bonds is 5. The molecule has 0 amide bonds. The molecule has 0 aliphatic carbocycles. The second-order valence-corrected chi connectivity index (χ2v) is 5.29. The molecule has 12 heteroatoms. The van der Waals surface area contributed by atoms with Crippen molar-refractivity contribution < 1.29 is 32.0 Å². The number of nitrogens with one attached hydrogen (secondary N) is 1. The number of benzene rings is 1. The number of aldehydes is 1. The van der Waals surface area contributed by atoms with E-state index in [0.717, 1.165) is 12.1 Å². The van der Waals surface area contributed by atoms with E-state index >= 15 is 0 Å². The average molecular weight is 429 g/mol. The van der Waals surface area contributed by atoms with Crippen LogP contribution in [0.5, 0.6) is 0 Å². The van der Waals surface area contributed by atoms with Crippen molar-refractivity contribution in [2.45, 2.75) is 6.18 Å². The topological polar surface area (TPSA) is 113 Å². The van der Waals surface area contributed by atoms with Crippen LogP contribution >= 0.6 is 0 Å². The second kappa shape index (κ2) is 11.2. The summed E-state index contributed by atoms with van der Waals surface area (Å²) in [5.74, 6) is -1.77. The molecule has 160 valence electrons. The Bertz CT molecular complexity index is 921. The van der Waals surface area contributed by atoms with Gasteiger partial charge in [-0.1, -0.05) is 11.2 Å². The first kappa shape index (κ1) is 24.2. The molecule has 0 aliphatic rings. The van der Waals surface area contributed by atoms with Gasteiger partial charge in [-0.2, -0.15) is 13.2 Å². The Morgan fingerprint density at radius 1 is 1.20 bits per heavy atom. The third kappa shape index (κ3) is 7.66. The SMILES string of the molecule is CNc1ccc(N=C(/C=C(N)/C=N/O)C(F)(F)F)nc1.O=Cc1c(F)cccc1F. The Morgan fingerprint density at radius 3 is 2.23 bits per heavy atom. The maximum atomic E-state index is 12.8. The highest BCUT2D eigenvalue weighted by Gasteiger charge is 2.34. The molecule has 0 aliphatic heterocycles. The first-order valence-corrected chi connectivity index (χ1v) is 7.95. The van der Waals surface area contributed by atoms with E-state index in [9.17, 15) is 26.7 Å². The number of halogens is 5. The molecule has 0 unspecified atom stereocenters. The smallest absolute Gasteiger partial charge is 0.411 e. The summed E-state index contributed by atoms with van der Waals surface area (Å²) in [6.07, 6.45) is -2.00. The van der Waals surface area contributed by atoms with Crippen molar-refractivity contribution in [1.82, 2.24) is 4.98 Å². The predicted octanol–water partition coefficient (Wildman–Crippen LogP) is 3.84. The fourth-order valence-electron chi connectivity index (χ4n) is 1.79. The van der Waals surface area contributed by atoms with Crippen molar-refractivity contribution in [2.75, 3.05) is 12.4 Å². The molecule has 0 spiro atoms. The van der Waals surface area contributed by atoms with E-state index in [4.69, 9.17) is 10.9 Å². The van der Waals surface area contributed by atoms with Gasteiger partial charge in [0.2, 0.25) is 0 Å². The number of nitrogens with two attached hydrogens (primary N) is 1. The van der Waals surface area contributed by atoms with Crippen LogP contribution in [0.1, 0.15) is 10.4 Å². The number of allylic oxidation sites excluding steroid dienone is 2. The summed E-state index contributed by atoms with van der Waals surface area (Å²) in [4.78, 5) is 17.1. The van der Waals surface area contributed by atoms with Crippen LogP contribution in [0.3, 0.4) is 0 Å². The molecule has 1 aromatic heterocycles. The molecule has 0 saturated carbocycles. The summed E-state index contributed by atoms with van der Waals surface area (Å²) < 4.78 is 63.1. The molecule has 1 heterocycles. The molecular weight excluding hydrogens is 413 g/mol. The normalized spacial score (nSPS) is 12.3. The molecule has 0 saturated heterocycles. The molecule has 4 N–H and O–H groups in total. The zero-order valence-corrected chi connectivity index (χ0v) is 15.4. The largest absolute Gasteiger partial charge is 0.433 e. The van der Waals surface area contributed by atoms with E-state index in [2.05, 4.69) is 20.4 Å². The second-order valence-electron chi connectivity index (χ2n) is 5.29. The minimum absolute atomic E-state index is 0.124. The monoisotopic (exact) mass is 429 g/mol. The van der Waals surface area contributed by atoms with Crippen LogP contribution in [0, 0.1) is 11.6 Å². The van der Waals surface area contributed by atoms with Gasteiger partial charge in [0.1, 0.15) is 17.3 Å². The van der Waals surface area contributed by atoms with E-state index in [1.165, 1.54) is 24.4 Å². The van der Waals surface area contributed by atoms with E-state index in [0.29, 0.717) is 18.0 Å². The highest BCUT2D eigenvalue weighted by Crippen LogP contribution is 2.22. The van der Waals surface area contributed by atoms with E-state index < -0.39 is 34.8 Å². The number of carbonyl (C=O) groups is 1. The zero-order valence-electron chi connectivity index (χ0n) is 15.4. The summed E-state index contributed by atoms with van der Waals surface area (Å²) in [5.41, 5.74) is 3.71. The predicted molar refractivity (Wildman–Crippen MR) is 101 cm³/mol. The van der Waals surface area contributed by atoms with Gasteiger partial charge >= 0.3 is 6.18 Å². The quantitative estimate of drug-likeness (QED) is 0.220. The molecule has 7 nitrogen and oxygen atoms in total. The molecular formula is C18H16F5N5O2. The van der Waals surface area contributed by atoms with Gasteiger partial charge < -0.3 is 16.3 Å². The summed E-state index contributed by atoms with van der Waals surface area (Å²) in [6.45, 7) is 0. The third-order valence-electron chi connectivity index (χ3n) is 3.19. The van der Waals surface area contributed by atoms with Crippen molar-refractivity contribution in [1.29, 1.82) is 0 Å². The number of aliphatic imine (C=N–C) groups is 1. The number of alkyl halides is 3. The number of pyridine rings is 1. The fraction of sp³-hybridized carbons (Fsp3) is 0.111. The van der Waals surface area contributed by atoms with Gasteiger partial charge in [0.15, 0.2) is 12.1 Å². The summed E-state index contributed by atoms with van der Waals surface area (Å²) in [5, 5.41) is 13.5. The number of oxime groups is 1. The van der Waals surface area contributed by atoms with Crippen molar-refractivity contribution in [3.8, 4) is 0 Å². The van der Waals surface area contributed by atoms with Crippen LogP contribution in [0.15, 0.2) is 58.4 Å². The van der Waals surface area contributed by atoms with Crippen molar-refractivity contribution in [3.05, 3.63) is 65.5 Å². The Morgan fingerprint density at radius 2 is 1.83 bits per heavy atom. The molecule has 0 radical (unpaired) electrons. The van der Waals surface area contributed by atoms with Gasteiger partial charge in [0.25, 0.3) is 0 Å². The van der Waals surface area contributed by atoms with Crippen LogP contribution in [0.2, 0.25) is 0 Å². The Kier molecular flexibility index (Phi) is 9.07. The minimum Gasteiger partial charge on any atom is -0.411 e. The van der Waals surface area contributed by atoms with Crippen molar-refractivity contribution in [2.24, 2.45) is 15.9 Å². The highest BCUT2D eigenvalue weighted by atomic mass is 19.4. The van der Waals surface area contributed by atoms with Crippen LogP contribution in [-0.4, -0.2) is 41.6 Å². The average Bonchev–Trinajstić information content (AvgIpc) is 2.68. The highest BCUT2D eigenvalue weighted by molar-refractivity contribution is 6.04. The third-order valence-corrected chi connectivity index (χ3v) is 3.19.